The highest BCUT2D eigenvalue weighted by Crippen LogP contribution is 2.46. The highest BCUT2D eigenvalue weighted by atomic mass is 16.5. The summed E-state index contributed by atoms with van der Waals surface area (Å²) >= 11 is 0. The number of anilines is 4. The quantitative estimate of drug-likeness (QED) is 0.143. The molecule has 0 aliphatic heterocycles. The van der Waals surface area contributed by atoms with E-state index in [1.807, 2.05) is 89.5 Å². The average molecular weight is 1000 g/mol. The molecule has 4 heterocycles. The topological polar surface area (TPSA) is 55.5 Å². The Bertz CT molecular complexity index is 4770. The van der Waals surface area contributed by atoms with Crippen LogP contribution in [0.4, 0.5) is 22.7 Å². The third-order valence-electron chi connectivity index (χ3n) is 15.1. The molecule has 0 saturated carbocycles. The SMILES string of the molecule is [2H]C([2H])([2H])c1ccc(Nc2ccccc2Nc2c(-c3ccccc3)cc(C(C)(C)C)cc2-c2ccccc2)cc1Oc1ccc2c3cc4c5cccc6c7ccccc7n(c4cc3n(-c3cc(C([2H])([2H])[2H])c(-c4ccccc4)cn3)c2c1)c65. The Hall–Kier alpha value is -9.65. The van der Waals surface area contributed by atoms with Crippen molar-refractivity contribution in [2.24, 2.45) is 0 Å². The number of nitrogens with one attached hydrogen (secondary N) is 2. The standard InChI is InChI=1S/C71H55N5O/c1-44-32-33-50(73-61-29-16-17-30-62(61)74-69-56(46-20-9-6-10-21-46)37-49(71(3,4)5)38-57(69)47-22-11-7-12-23-47)39-67(44)77-51-34-35-53-58-41-59-55-28-19-27-54-52-26-15-18-31-63(52)76(70(54)55)66(59)42-65(58)75(64(53)40-51)68-36-45(2)60(43-72-68)48-24-13-8-14-25-48/h6-43,73-74H,1-5H3/i1D3,2D3. The molecule has 0 saturated heterocycles. The van der Waals surface area contributed by atoms with Gasteiger partial charge in [0.15, 0.2) is 0 Å². The molecule has 0 fully saturated rings. The summed E-state index contributed by atoms with van der Waals surface area (Å²) in [5.74, 6) is 0.927. The van der Waals surface area contributed by atoms with Crippen LogP contribution in [0.25, 0.3) is 99.1 Å². The molecule has 0 atom stereocenters. The summed E-state index contributed by atoms with van der Waals surface area (Å²) in [7, 11) is 0. The number of hydrogen-bond acceptors (Lipinski definition) is 4. The maximum atomic E-state index is 8.81. The lowest BCUT2D eigenvalue weighted by atomic mass is 9.82. The smallest absolute Gasteiger partial charge is 0.137 e. The van der Waals surface area contributed by atoms with Crippen molar-refractivity contribution < 1.29 is 13.0 Å². The van der Waals surface area contributed by atoms with E-state index in [-0.39, 0.29) is 22.3 Å². The zero-order valence-corrected chi connectivity index (χ0v) is 42.7. The summed E-state index contributed by atoms with van der Waals surface area (Å²) < 4.78 is 63.8. The van der Waals surface area contributed by atoms with Crippen molar-refractivity contribution in [1.29, 1.82) is 0 Å². The first-order chi connectivity index (χ1) is 40.0. The van der Waals surface area contributed by atoms with Crippen LogP contribution in [0, 0.1) is 13.7 Å². The van der Waals surface area contributed by atoms with Crippen LogP contribution in [0.1, 0.15) is 45.7 Å². The molecule has 10 aromatic carbocycles. The molecule has 6 nitrogen and oxygen atoms in total. The van der Waals surface area contributed by atoms with Crippen LogP contribution in [0.3, 0.4) is 0 Å². The fraction of sp³-hybridized carbons (Fsp3) is 0.0845. The lowest BCUT2D eigenvalue weighted by molar-refractivity contribution is 0.480. The number of para-hydroxylation sites is 4. The maximum Gasteiger partial charge on any atom is 0.137 e. The number of pyridine rings is 1. The molecule has 0 spiro atoms. The number of hydrogen-bond donors (Lipinski definition) is 2. The lowest BCUT2D eigenvalue weighted by Gasteiger charge is -2.26. The fourth-order valence-corrected chi connectivity index (χ4v) is 11.3. The van der Waals surface area contributed by atoms with Gasteiger partial charge in [-0.25, -0.2) is 4.98 Å². The second-order valence-corrected chi connectivity index (χ2v) is 20.9. The summed E-state index contributed by atoms with van der Waals surface area (Å²) in [6, 6.07) is 74.7. The van der Waals surface area contributed by atoms with Gasteiger partial charge in [-0.2, -0.15) is 0 Å². The molecule has 370 valence electrons. The van der Waals surface area contributed by atoms with Gasteiger partial charge in [0.25, 0.3) is 0 Å². The molecule has 77 heavy (non-hydrogen) atoms. The summed E-state index contributed by atoms with van der Waals surface area (Å²) in [4.78, 5) is 5.06. The van der Waals surface area contributed by atoms with Crippen molar-refractivity contribution in [3.63, 3.8) is 0 Å². The number of benzene rings is 10. The van der Waals surface area contributed by atoms with E-state index in [9.17, 15) is 0 Å². The molecule has 4 aromatic heterocycles. The summed E-state index contributed by atoms with van der Waals surface area (Å²) in [6.07, 6.45) is 1.65. The number of ether oxygens (including phenoxy) is 1. The third kappa shape index (κ3) is 7.83. The number of fused-ring (bicyclic) bond motifs is 9. The second kappa shape index (κ2) is 18.0. The zero-order chi connectivity index (χ0) is 56.9. The van der Waals surface area contributed by atoms with Crippen LogP contribution < -0.4 is 15.4 Å². The van der Waals surface area contributed by atoms with Crippen LogP contribution >= 0.6 is 0 Å². The van der Waals surface area contributed by atoms with E-state index >= 15 is 0 Å². The van der Waals surface area contributed by atoms with Crippen LogP contribution in [-0.4, -0.2) is 14.0 Å². The second-order valence-electron chi connectivity index (χ2n) is 20.9. The molecular weight excluding hydrogens is 939 g/mol. The van der Waals surface area contributed by atoms with E-state index in [1.54, 1.807) is 30.5 Å². The molecule has 0 bridgehead atoms. The molecule has 0 unspecified atom stereocenters. The van der Waals surface area contributed by atoms with Crippen molar-refractivity contribution in [1.82, 2.24) is 14.0 Å². The van der Waals surface area contributed by atoms with Gasteiger partial charge in [-0.05, 0) is 119 Å². The van der Waals surface area contributed by atoms with Crippen molar-refractivity contribution in [2.75, 3.05) is 10.6 Å². The Labute approximate surface area is 456 Å². The highest BCUT2D eigenvalue weighted by Gasteiger charge is 2.24. The minimum absolute atomic E-state index is 0.0369. The molecule has 14 aromatic rings. The van der Waals surface area contributed by atoms with Gasteiger partial charge in [0.05, 0.1) is 44.6 Å². The predicted octanol–water partition coefficient (Wildman–Crippen LogP) is 19.5. The molecule has 2 N–H and O–H groups in total. The van der Waals surface area contributed by atoms with Gasteiger partial charge in [-0.15, -0.1) is 0 Å². The first-order valence-corrected chi connectivity index (χ1v) is 26.0. The molecule has 6 heteroatoms. The van der Waals surface area contributed by atoms with E-state index in [1.165, 1.54) is 10.9 Å². The largest absolute Gasteiger partial charge is 0.457 e. The first kappa shape index (κ1) is 39.8. The molecule has 0 aliphatic rings. The van der Waals surface area contributed by atoms with Gasteiger partial charge in [0.2, 0.25) is 0 Å². The molecule has 0 amide bonds. The van der Waals surface area contributed by atoms with E-state index in [4.69, 9.17) is 17.9 Å². The Morgan fingerprint density at radius 1 is 0.455 bits per heavy atom. The van der Waals surface area contributed by atoms with Crippen molar-refractivity contribution in [2.45, 2.75) is 39.9 Å². The zero-order valence-electron chi connectivity index (χ0n) is 48.7. The van der Waals surface area contributed by atoms with Crippen molar-refractivity contribution >= 4 is 82.7 Å². The van der Waals surface area contributed by atoms with Gasteiger partial charge in [0, 0.05) is 81.2 Å². The monoisotopic (exact) mass is 999 g/mol. The normalized spacial score (nSPS) is 13.4. The number of aromatic nitrogens is 3. The van der Waals surface area contributed by atoms with Crippen LogP contribution in [0.15, 0.2) is 231 Å². The van der Waals surface area contributed by atoms with E-state index in [0.29, 0.717) is 28.3 Å². The van der Waals surface area contributed by atoms with E-state index in [2.05, 4.69) is 151 Å². The summed E-state index contributed by atoms with van der Waals surface area (Å²) in [5, 5.41) is 13.8. The lowest BCUT2D eigenvalue weighted by Crippen LogP contribution is -2.12. The predicted molar refractivity (Wildman–Crippen MR) is 324 cm³/mol. The summed E-state index contributed by atoms with van der Waals surface area (Å²) in [6.45, 7) is 1.69. The minimum atomic E-state index is -2.53. The van der Waals surface area contributed by atoms with Gasteiger partial charge >= 0.3 is 0 Å². The molecule has 14 rings (SSSR count). The van der Waals surface area contributed by atoms with E-state index < -0.39 is 13.7 Å². The minimum Gasteiger partial charge on any atom is -0.457 e. The average Bonchev–Trinajstić information content (AvgIpc) is 1.97. The Kier molecular flexibility index (Phi) is 9.31. The molecule has 0 radical (unpaired) electrons. The van der Waals surface area contributed by atoms with Gasteiger partial charge < -0.3 is 19.8 Å². The van der Waals surface area contributed by atoms with Gasteiger partial charge in [-0.3, -0.25) is 4.57 Å². The summed E-state index contributed by atoms with van der Waals surface area (Å²) in [5.41, 5.74) is 14.7. The van der Waals surface area contributed by atoms with Crippen LogP contribution in [0.5, 0.6) is 11.5 Å². The number of nitrogens with zero attached hydrogens (tertiary/aromatic N) is 3. The number of aryl methyl sites for hydroxylation is 2. The Balaban J connectivity index is 0.904. The van der Waals surface area contributed by atoms with Crippen LogP contribution in [0.2, 0.25) is 0 Å². The van der Waals surface area contributed by atoms with Crippen molar-refractivity contribution in [3.8, 4) is 50.7 Å². The Morgan fingerprint density at radius 3 is 1.73 bits per heavy atom. The van der Waals surface area contributed by atoms with Crippen LogP contribution in [-0.2, 0) is 5.41 Å². The Morgan fingerprint density at radius 2 is 1.04 bits per heavy atom. The third-order valence-corrected chi connectivity index (χ3v) is 15.1. The first-order valence-electron chi connectivity index (χ1n) is 29.0. The maximum absolute atomic E-state index is 8.81. The van der Waals surface area contributed by atoms with Gasteiger partial charge in [0.1, 0.15) is 17.3 Å². The fourth-order valence-electron chi connectivity index (χ4n) is 11.3. The molecule has 0 aliphatic carbocycles. The van der Waals surface area contributed by atoms with Crippen molar-refractivity contribution in [3.05, 3.63) is 247 Å². The molecular formula is C71H55N5O. The van der Waals surface area contributed by atoms with Gasteiger partial charge in [-0.1, -0.05) is 166 Å². The highest BCUT2D eigenvalue weighted by molar-refractivity contribution is 6.26. The van der Waals surface area contributed by atoms with E-state index in [0.717, 1.165) is 93.9 Å². The number of rotatable bonds is 10.